The van der Waals surface area contributed by atoms with Crippen molar-refractivity contribution in [1.82, 2.24) is 9.97 Å². The van der Waals surface area contributed by atoms with Crippen LogP contribution in [-0.2, 0) is 20.8 Å². The Morgan fingerprint density at radius 2 is 1.62 bits per heavy atom. The summed E-state index contributed by atoms with van der Waals surface area (Å²) < 4.78 is 0. The van der Waals surface area contributed by atoms with Gasteiger partial charge >= 0.3 is 0 Å². The number of halogens is 1. The molecule has 1 aromatic heterocycles. The molecule has 0 aliphatic heterocycles. The zero-order chi connectivity index (χ0) is 24.4. The Balaban J connectivity index is 1.47. The van der Waals surface area contributed by atoms with Gasteiger partial charge in [0.05, 0.1) is 5.02 Å². The number of ketones is 3. The first-order valence-corrected chi connectivity index (χ1v) is 11.8. The summed E-state index contributed by atoms with van der Waals surface area (Å²) >= 11 is 5.89. The molecule has 1 heterocycles. The topological polar surface area (TPSA) is 77.0 Å². The number of hydrogen-bond acceptors (Lipinski definition) is 5. The van der Waals surface area contributed by atoms with E-state index in [9.17, 15) is 14.4 Å². The van der Waals surface area contributed by atoms with Gasteiger partial charge in [0.15, 0.2) is 11.6 Å². The van der Waals surface area contributed by atoms with E-state index in [1.165, 1.54) is 18.0 Å². The fourth-order valence-corrected chi connectivity index (χ4v) is 4.87. The molecule has 3 aromatic rings. The second kappa shape index (κ2) is 9.98. The Kier molecular flexibility index (Phi) is 7.03. The summed E-state index contributed by atoms with van der Waals surface area (Å²) in [6.07, 6.45) is 4.34. The molecule has 1 saturated carbocycles. The Hall–Kier alpha value is -3.18. The molecule has 2 atom stereocenters. The van der Waals surface area contributed by atoms with Crippen LogP contribution < -0.4 is 0 Å². The molecule has 174 valence electrons. The number of rotatable bonds is 7. The molecule has 0 bridgehead atoms. The summed E-state index contributed by atoms with van der Waals surface area (Å²) in [5.41, 5.74) is 5.49. The molecule has 2 unspecified atom stereocenters. The minimum Gasteiger partial charge on any atom is -0.300 e. The predicted octanol–water partition coefficient (Wildman–Crippen LogP) is 5.56. The summed E-state index contributed by atoms with van der Waals surface area (Å²) in [4.78, 5) is 47.3. The van der Waals surface area contributed by atoms with Crippen LogP contribution >= 0.6 is 11.6 Å². The van der Waals surface area contributed by atoms with Crippen molar-refractivity contribution in [3.05, 3.63) is 81.6 Å². The van der Waals surface area contributed by atoms with Crippen molar-refractivity contribution in [1.29, 1.82) is 0 Å². The minimum absolute atomic E-state index is 0.0241. The number of nitrogens with zero attached hydrogens (tertiary/aromatic N) is 2. The summed E-state index contributed by atoms with van der Waals surface area (Å²) in [6, 6.07) is 11.9. The van der Waals surface area contributed by atoms with Crippen molar-refractivity contribution in [2.45, 2.75) is 52.4 Å². The summed E-state index contributed by atoms with van der Waals surface area (Å²) in [5.74, 6) is -1.05. The molecule has 0 spiro atoms. The monoisotopic (exact) mass is 474 g/mol. The maximum atomic E-state index is 13.2. The zero-order valence-corrected chi connectivity index (χ0v) is 20.4. The van der Waals surface area contributed by atoms with Crippen LogP contribution in [0.1, 0.15) is 53.0 Å². The number of carbonyl (C=O) groups is 3. The van der Waals surface area contributed by atoms with E-state index >= 15 is 0 Å². The van der Waals surface area contributed by atoms with Gasteiger partial charge in [-0.3, -0.25) is 14.4 Å². The molecule has 0 saturated heterocycles. The minimum atomic E-state index is -0.810. The van der Waals surface area contributed by atoms with Crippen LogP contribution in [0.2, 0.25) is 5.02 Å². The lowest BCUT2D eigenvalue weighted by atomic mass is 9.85. The molecule has 0 N–H and O–H groups in total. The van der Waals surface area contributed by atoms with Gasteiger partial charge in [0.25, 0.3) is 0 Å². The van der Waals surface area contributed by atoms with Gasteiger partial charge in [-0.05, 0) is 61.6 Å². The fourth-order valence-electron chi connectivity index (χ4n) is 4.77. The predicted molar refractivity (Wildman–Crippen MR) is 132 cm³/mol. The lowest BCUT2D eigenvalue weighted by molar-refractivity contribution is -0.127. The van der Waals surface area contributed by atoms with Crippen LogP contribution in [-0.4, -0.2) is 27.3 Å². The molecule has 2 aromatic carbocycles. The average Bonchev–Trinajstić information content (AvgIpc) is 3.06. The van der Waals surface area contributed by atoms with Crippen LogP contribution in [0.4, 0.5) is 0 Å². The van der Waals surface area contributed by atoms with Gasteiger partial charge in [-0.15, -0.1) is 0 Å². The standard InChI is InChI=1S/C28H27ClN2O3/c1-16-4-6-19(7-5-16)8-9-23(32)12-20-13-24(33)26(27(20)34)25-17(2)10-21(11-18(25)3)28-30-14-22(29)15-31-28/h4-7,10-11,14-15,20,26H,8-9,12-13H2,1-3H3. The number of aromatic nitrogens is 2. The van der Waals surface area contributed by atoms with Crippen LogP contribution in [0.15, 0.2) is 48.8 Å². The van der Waals surface area contributed by atoms with E-state index in [1.807, 2.05) is 57.2 Å². The number of carbonyl (C=O) groups excluding carboxylic acids is 3. The maximum Gasteiger partial charge on any atom is 0.159 e. The molecule has 5 nitrogen and oxygen atoms in total. The van der Waals surface area contributed by atoms with Gasteiger partial charge in [0, 0.05) is 43.1 Å². The van der Waals surface area contributed by atoms with E-state index < -0.39 is 11.8 Å². The maximum absolute atomic E-state index is 13.2. The molecular weight excluding hydrogens is 448 g/mol. The highest BCUT2D eigenvalue weighted by Gasteiger charge is 2.43. The molecule has 1 aliphatic carbocycles. The van der Waals surface area contributed by atoms with Crippen molar-refractivity contribution < 1.29 is 14.4 Å². The Labute approximate surface area is 204 Å². The van der Waals surface area contributed by atoms with E-state index in [0.717, 1.165) is 27.8 Å². The van der Waals surface area contributed by atoms with Crippen LogP contribution in [0, 0.1) is 26.7 Å². The first-order valence-electron chi connectivity index (χ1n) is 11.5. The lowest BCUT2D eigenvalue weighted by Crippen LogP contribution is -2.19. The Morgan fingerprint density at radius 1 is 1.00 bits per heavy atom. The van der Waals surface area contributed by atoms with E-state index in [4.69, 9.17) is 11.6 Å². The van der Waals surface area contributed by atoms with Gasteiger partial charge in [-0.2, -0.15) is 0 Å². The average molecular weight is 475 g/mol. The van der Waals surface area contributed by atoms with Crippen molar-refractivity contribution in [3.8, 4) is 11.4 Å². The highest BCUT2D eigenvalue weighted by molar-refractivity contribution is 6.30. The number of aryl methyl sites for hydroxylation is 4. The van der Waals surface area contributed by atoms with Crippen molar-refractivity contribution >= 4 is 29.0 Å². The SMILES string of the molecule is Cc1ccc(CCC(=O)CC2CC(=O)C(c3c(C)cc(-c4ncc(Cl)cn4)cc3C)C2=O)cc1. The number of hydrogen-bond donors (Lipinski definition) is 0. The smallest absolute Gasteiger partial charge is 0.159 e. The van der Waals surface area contributed by atoms with Crippen molar-refractivity contribution in [3.63, 3.8) is 0 Å². The molecule has 1 fully saturated rings. The third-order valence-corrected chi connectivity index (χ3v) is 6.70. The molecule has 4 rings (SSSR count). The molecule has 1 aliphatic rings. The van der Waals surface area contributed by atoms with E-state index in [-0.39, 0.29) is 30.2 Å². The van der Waals surface area contributed by atoms with Crippen LogP contribution in [0.25, 0.3) is 11.4 Å². The third kappa shape index (κ3) is 5.15. The zero-order valence-electron chi connectivity index (χ0n) is 19.6. The molecule has 0 radical (unpaired) electrons. The highest BCUT2D eigenvalue weighted by atomic mass is 35.5. The Morgan fingerprint density at radius 3 is 2.24 bits per heavy atom. The summed E-state index contributed by atoms with van der Waals surface area (Å²) in [5, 5.41) is 0.454. The fraction of sp³-hybridized carbons (Fsp3) is 0.321. The number of benzene rings is 2. The number of Topliss-reactive ketones (excluding diaryl/α,β-unsaturated/α-hetero) is 3. The normalized spacial score (nSPS) is 17.9. The van der Waals surface area contributed by atoms with Crippen LogP contribution in [0.3, 0.4) is 0 Å². The first-order chi connectivity index (χ1) is 16.2. The van der Waals surface area contributed by atoms with Gasteiger partial charge in [0.2, 0.25) is 0 Å². The highest BCUT2D eigenvalue weighted by Crippen LogP contribution is 2.38. The van der Waals surface area contributed by atoms with Crippen LogP contribution in [0.5, 0.6) is 0 Å². The lowest BCUT2D eigenvalue weighted by Gasteiger charge is -2.17. The van der Waals surface area contributed by atoms with Gasteiger partial charge < -0.3 is 0 Å². The Bertz CT molecular complexity index is 1230. The molecule has 34 heavy (non-hydrogen) atoms. The van der Waals surface area contributed by atoms with Gasteiger partial charge in [-0.1, -0.05) is 41.4 Å². The second-order valence-electron chi connectivity index (χ2n) is 9.18. The van der Waals surface area contributed by atoms with E-state index in [1.54, 1.807) is 0 Å². The van der Waals surface area contributed by atoms with Gasteiger partial charge in [0.1, 0.15) is 17.5 Å². The first kappa shape index (κ1) is 24.0. The molecular formula is C28H27ClN2O3. The molecule has 0 amide bonds. The van der Waals surface area contributed by atoms with Crippen molar-refractivity contribution in [2.75, 3.05) is 0 Å². The second-order valence-corrected chi connectivity index (χ2v) is 9.62. The van der Waals surface area contributed by atoms with E-state index in [2.05, 4.69) is 9.97 Å². The third-order valence-electron chi connectivity index (χ3n) is 6.50. The van der Waals surface area contributed by atoms with Gasteiger partial charge in [-0.25, -0.2) is 9.97 Å². The summed E-state index contributed by atoms with van der Waals surface area (Å²) in [7, 11) is 0. The molecule has 6 heteroatoms. The van der Waals surface area contributed by atoms with Crippen molar-refractivity contribution in [2.24, 2.45) is 5.92 Å². The van der Waals surface area contributed by atoms with E-state index in [0.29, 0.717) is 23.7 Å². The largest absolute Gasteiger partial charge is 0.300 e. The summed E-state index contributed by atoms with van der Waals surface area (Å²) in [6.45, 7) is 5.81. The quantitative estimate of drug-likeness (QED) is 0.419.